The maximum Gasteiger partial charge on any atom is 0.234 e. The number of hydrogen-bond acceptors (Lipinski definition) is 6. The first kappa shape index (κ1) is 22.3. The van der Waals surface area contributed by atoms with E-state index in [1.54, 1.807) is 34.9 Å². The van der Waals surface area contributed by atoms with Crippen molar-refractivity contribution >= 4 is 46.6 Å². The summed E-state index contributed by atoms with van der Waals surface area (Å²) in [5.74, 6) is 1.93. The molecule has 0 aliphatic rings. The van der Waals surface area contributed by atoms with Gasteiger partial charge in [-0.25, -0.2) is 0 Å². The maximum atomic E-state index is 12.2. The summed E-state index contributed by atoms with van der Waals surface area (Å²) in [6.45, 7) is 2.70. The zero-order valence-electron chi connectivity index (χ0n) is 16.4. The molecule has 0 saturated carbocycles. The highest BCUT2D eigenvalue weighted by molar-refractivity contribution is 7.99. The molecule has 158 valence electrons. The Kier molecular flexibility index (Phi) is 7.84. The van der Waals surface area contributed by atoms with Crippen LogP contribution in [0.1, 0.15) is 12.7 Å². The fourth-order valence-electron chi connectivity index (χ4n) is 2.46. The van der Waals surface area contributed by atoms with Crippen LogP contribution in [0.4, 0.5) is 5.69 Å². The number of aromatic nitrogens is 3. The molecule has 0 aliphatic carbocycles. The summed E-state index contributed by atoms with van der Waals surface area (Å²) in [7, 11) is 1.81. The van der Waals surface area contributed by atoms with E-state index in [0.29, 0.717) is 39.1 Å². The lowest BCUT2D eigenvalue weighted by Crippen LogP contribution is -2.14. The second-order valence-corrected chi connectivity index (χ2v) is 7.90. The maximum absolute atomic E-state index is 12.2. The van der Waals surface area contributed by atoms with E-state index in [1.807, 2.05) is 26.1 Å². The second kappa shape index (κ2) is 10.6. The third kappa shape index (κ3) is 6.04. The van der Waals surface area contributed by atoms with Crippen molar-refractivity contribution in [3.63, 3.8) is 0 Å². The van der Waals surface area contributed by atoms with E-state index in [9.17, 15) is 4.79 Å². The minimum absolute atomic E-state index is 0.141. The van der Waals surface area contributed by atoms with Crippen LogP contribution in [-0.4, -0.2) is 33.0 Å². The van der Waals surface area contributed by atoms with Crippen LogP contribution in [0.2, 0.25) is 10.0 Å². The highest BCUT2D eigenvalue weighted by Crippen LogP contribution is 2.28. The summed E-state index contributed by atoms with van der Waals surface area (Å²) in [4.78, 5) is 12.2. The van der Waals surface area contributed by atoms with Gasteiger partial charge >= 0.3 is 0 Å². The lowest BCUT2D eigenvalue weighted by molar-refractivity contribution is -0.113. The molecule has 1 heterocycles. The Hall–Kier alpha value is -2.42. The van der Waals surface area contributed by atoms with Gasteiger partial charge in [-0.2, -0.15) is 0 Å². The van der Waals surface area contributed by atoms with Crippen LogP contribution in [0.25, 0.3) is 0 Å². The molecule has 0 saturated heterocycles. The van der Waals surface area contributed by atoms with E-state index in [-0.39, 0.29) is 18.3 Å². The van der Waals surface area contributed by atoms with Gasteiger partial charge in [0.2, 0.25) is 5.91 Å². The van der Waals surface area contributed by atoms with E-state index >= 15 is 0 Å². The predicted octanol–water partition coefficient (Wildman–Crippen LogP) is 4.83. The third-order valence-electron chi connectivity index (χ3n) is 3.96. The molecule has 0 fully saturated rings. The van der Waals surface area contributed by atoms with Crippen LogP contribution in [0.15, 0.2) is 47.6 Å². The van der Waals surface area contributed by atoms with Gasteiger partial charge in [0.05, 0.1) is 17.4 Å². The minimum Gasteiger partial charge on any atom is -0.494 e. The van der Waals surface area contributed by atoms with Crippen LogP contribution < -0.4 is 14.8 Å². The summed E-state index contributed by atoms with van der Waals surface area (Å²) in [6.07, 6.45) is 0. The molecule has 0 atom stereocenters. The number of hydrogen-bond donors (Lipinski definition) is 1. The average Bonchev–Trinajstić information content (AvgIpc) is 3.07. The number of thioether (sulfide) groups is 1. The first-order valence-corrected chi connectivity index (χ1v) is 10.8. The number of halogens is 2. The Morgan fingerprint density at radius 3 is 2.60 bits per heavy atom. The van der Waals surface area contributed by atoms with Gasteiger partial charge < -0.3 is 19.4 Å². The van der Waals surface area contributed by atoms with Crippen molar-refractivity contribution in [3.05, 3.63) is 58.3 Å². The zero-order chi connectivity index (χ0) is 21.5. The van der Waals surface area contributed by atoms with Gasteiger partial charge in [-0.3, -0.25) is 4.79 Å². The number of carbonyl (C=O) groups excluding carboxylic acids is 1. The van der Waals surface area contributed by atoms with Crippen molar-refractivity contribution in [1.82, 2.24) is 14.8 Å². The number of nitrogens with zero attached hydrogens (tertiary/aromatic N) is 3. The number of anilines is 1. The SMILES string of the molecule is CCOc1ccc(NC(=O)CSc2nnc(COc3ccc(Cl)cc3Cl)n2C)cc1. The smallest absolute Gasteiger partial charge is 0.234 e. The third-order valence-corrected chi connectivity index (χ3v) is 5.51. The Labute approximate surface area is 188 Å². The molecule has 0 aliphatic heterocycles. The lowest BCUT2D eigenvalue weighted by atomic mass is 10.3. The number of rotatable bonds is 9. The molecule has 2 aromatic carbocycles. The number of amides is 1. The molecule has 1 aromatic heterocycles. The van der Waals surface area contributed by atoms with E-state index in [1.165, 1.54) is 11.8 Å². The summed E-state index contributed by atoms with van der Waals surface area (Å²) >= 11 is 13.3. The molecule has 0 radical (unpaired) electrons. The van der Waals surface area contributed by atoms with Crippen molar-refractivity contribution in [1.29, 1.82) is 0 Å². The van der Waals surface area contributed by atoms with Crippen LogP contribution in [0, 0.1) is 0 Å². The van der Waals surface area contributed by atoms with Gasteiger partial charge in [0, 0.05) is 17.8 Å². The predicted molar refractivity (Wildman–Crippen MR) is 119 cm³/mol. The molecule has 3 rings (SSSR count). The van der Waals surface area contributed by atoms with Gasteiger partial charge in [-0.15, -0.1) is 10.2 Å². The Morgan fingerprint density at radius 2 is 1.90 bits per heavy atom. The molecule has 3 aromatic rings. The summed E-state index contributed by atoms with van der Waals surface area (Å²) in [5, 5.41) is 12.6. The quantitative estimate of drug-likeness (QED) is 0.455. The standard InChI is InChI=1S/C20H20Cl2N4O3S/c1-3-28-15-7-5-14(6-8-15)23-19(27)12-30-20-25-24-18(26(20)2)11-29-17-9-4-13(21)10-16(17)22/h4-10H,3,11-12H2,1-2H3,(H,23,27). The number of ether oxygens (including phenoxy) is 2. The Balaban J connectivity index is 1.51. The molecule has 7 nitrogen and oxygen atoms in total. The van der Waals surface area contributed by atoms with Crippen molar-refractivity contribution in [3.8, 4) is 11.5 Å². The van der Waals surface area contributed by atoms with Crippen LogP contribution >= 0.6 is 35.0 Å². The monoisotopic (exact) mass is 466 g/mol. The van der Waals surface area contributed by atoms with Crippen LogP contribution in [-0.2, 0) is 18.4 Å². The molecule has 10 heteroatoms. The van der Waals surface area contributed by atoms with Gasteiger partial charge in [0.1, 0.15) is 18.1 Å². The van der Waals surface area contributed by atoms with E-state index in [4.69, 9.17) is 32.7 Å². The molecule has 30 heavy (non-hydrogen) atoms. The van der Waals surface area contributed by atoms with E-state index in [2.05, 4.69) is 15.5 Å². The second-order valence-electron chi connectivity index (χ2n) is 6.12. The van der Waals surface area contributed by atoms with E-state index in [0.717, 1.165) is 5.75 Å². The molecular weight excluding hydrogens is 447 g/mol. The summed E-state index contributed by atoms with van der Waals surface area (Å²) in [6, 6.07) is 12.2. The Bertz CT molecular complexity index is 1010. The van der Waals surface area contributed by atoms with Crippen LogP contribution in [0.5, 0.6) is 11.5 Å². The van der Waals surface area contributed by atoms with Gasteiger partial charge in [-0.1, -0.05) is 35.0 Å². The summed E-state index contributed by atoms with van der Waals surface area (Å²) in [5.41, 5.74) is 0.705. The van der Waals surface area contributed by atoms with Crippen molar-refractivity contribution in [2.24, 2.45) is 7.05 Å². The van der Waals surface area contributed by atoms with Gasteiger partial charge in [-0.05, 0) is 49.4 Å². The average molecular weight is 467 g/mol. The van der Waals surface area contributed by atoms with Gasteiger partial charge in [0.15, 0.2) is 11.0 Å². The minimum atomic E-state index is -0.141. The fourth-order valence-corrected chi connectivity index (χ4v) is 3.65. The largest absolute Gasteiger partial charge is 0.494 e. The lowest BCUT2D eigenvalue weighted by Gasteiger charge is -2.09. The molecule has 1 N–H and O–H groups in total. The van der Waals surface area contributed by atoms with Crippen molar-refractivity contribution in [2.75, 3.05) is 17.7 Å². The van der Waals surface area contributed by atoms with Crippen molar-refractivity contribution in [2.45, 2.75) is 18.7 Å². The molecule has 1 amide bonds. The number of benzene rings is 2. The first-order valence-electron chi connectivity index (χ1n) is 9.08. The highest BCUT2D eigenvalue weighted by Gasteiger charge is 2.13. The molecule has 0 unspecified atom stereocenters. The highest BCUT2D eigenvalue weighted by atomic mass is 35.5. The molecule has 0 bridgehead atoms. The van der Waals surface area contributed by atoms with Gasteiger partial charge in [0.25, 0.3) is 0 Å². The zero-order valence-corrected chi connectivity index (χ0v) is 18.7. The molecule has 0 spiro atoms. The van der Waals surface area contributed by atoms with E-state index < -0.39 is 0 Å². The molecular formula is C20H20Cl2N4O3S. The summed E-state index contributed by atoms with van der Waals surface area (Å²) < 4.78 is 12.9. The fraction of sp³-hybridized carbons (Fsp3) is 0.250. The number of carbonyl (C=O) groups is 1. The Morgan fingerprint density at radius 1 is 1.13 bits per heavy atom. The normalized spacial score (nSPS) is 10.7. The topological polar surface area (TPSA) is 78.3 Å². The first-order chi connectivity index (χ1) is 14.5. The van der Waals surface area contributed by atoms with Crippen LogP contribution in [0.3, 0.4) is 0 Å². The van der Waals surface area contributed by atoms with Crippen molar-refractivity contribution < 1.29 is 14.3 Å². The number of nitrogens with one attached hydrogen (secondary N) is 1.